The minimum Gasteiger partial charge on any atom is -0.394 e. The van der Waals surface area contributed by atoms with Gasteiger partial charge >= 0.3 is 0 Å². The molecule has 182 valence electrons. The predicted molar refractivity (Wildman–Crippen MR) is 137 cm³/mol. The van der Waals surface area contributed by atoms with Crippen LogP contribution in [0.25, 0.3) is 21.5 Å². The maximum absolute atomic E-state index is 13.2. The number of amides is 2. The molecule has 3 rings (SSSR count). The van der Waals surface area contributed by atoms with Gasteiger partial charge in [0.2, 0.25) is 0 Å². The van der Waals surface area contributed by atoms with Gasteiger partial charge in [-0.05, 0) is 57.6 Å². The Kier molecular flexibility index (Phi) is 8.64. The molecule has 6 nitrogen and oxygen atoms in total. The molecule has 0 saturated carbocycles. The molecule has 0 spiro atoms. The molecular weight excluding hydrogens is 428 g/mol. The third-order valence-corrected chi connectivity index (χ3v) is 7.06. The molecule has 0 aliphatic heterocycles. The van der Waals surface area contributed by atoms with Crippen molar-refractivity contribution in [1.82, 2.24) is 10.6 Å². The zero-order valence-electron chi connectivity index (χ0n) is 20.5. The fraction of sp³-hybridized carbons (Fsp3) is 0.429. The van der Waals surface area contributed by atoms with Gasteiger partial charge in [-0.25, -0.2) is 0 Å². The smallest absolute Gasteiger partial charge is 0.252 e. The summed E-state index contributed by atoms with van der Waals surface area (Å²) < 4.78 is 0. The minimum absolute atomic E-state index is 0.124. The SMILES string of the molecule is CCC(C)[C@@H](CO)NC(=O)c1cccc2cc3cccc(C(=O)N[C@H](CO)C(C)CC)c3cc12. The van der Waals surface area contributed by atoms with Crippen molar-refractivity contribution in [2.24, 2.45) is 11.8 Å². The molecule has 6 heteroatoms. The molecule has 0 radical (unpaired) electrons. The zero-order chi connectivity index (χ0) is 24.8. The summed E-state index contributed by atoms with van der Waals surface area (Å²) in [5.74, 6) is -0.207. The summed E-state index contributed by atoms with van der Waals surface area (Å²) >= 11 is 0. The molecule has 4 N–H and O–H groups in total. The summed E-state index contributed by atoms with van der Waals surface area (Å²) in [6, 6.07) is 14.3. The highest BCUT2D eigenvalue weighted by molar-refractivity contribution is 6.14. The van der Waals surface area contributed by atoms with Crippen molar-refractivity contribution in [3.63, 3.8) is 0 Å². The zero-order valence-corrected chi connectivity index (χ0v) is 20.5. The molecule has 0 fully saturated rings. The number of rotatable bonds is 10. The van der Waals surface area contributed by atoms with Gasteiger partial charge in [0.1, 0.15) is 0 Å². The van der Waals surface area contributed by atoms with E-state index >= 15 is 0 Å². The molecule has 34 heavy (non-hydrogen) atoms. The third-order valence-electron chi connectivity index (χ3n) is 7.06. The number of carbonyl (C=O) groups is 2. The number of benzene rings is 3. The van der Waals surface area contributed by atoms with Crippen LogP contribution >= 0.6 is 0 Å². The quantitative estimate of drug-likeness (QED) is 0.337. The maximum atomic E-state index is 13.2. The monoisotopic (exact) mass is 464 g/mol. The van der Waals surface area contributed by atoms with E-state index in [2.05, 4.69) is 10.6 Å². The number of carbonyl (C=O) groups excluding carboxylic acids is 2. The molecule has 0 aliphatic carbocycles. The predicted octanol–water partition coefficient (Wildman–Crippen LogP) is 4.27. The molecule has 0 aliphatic rings. The standard InChI is InChI=1S/C28H36N2O4/c1-5-17(3)25(15-31)29-27(33)21-11-7-9-19-13-20-10-8-12-22(24(20)14-23(19)21)28(34)30-26(16-32)18(4)6-2/h7-14,17-18,25-26,31-32H,5-6,15-16H2,1-4H3,(H,29,33)(H,30,34)/t17?,18?,25-,26-/m1/s1. The highest BCUT2D eigenvalue weighted by Gasteiger charge is 2.22. The van der Waals surface area contributed by atoms with Crippen LogP contribution in [0.1, 0.15) is 61.3 Å². The van der Waals surface area contributed by atoms with Crippen LogP contribution in [0.15, 0.2) is 48.5 Å². The maximum Gasteiger partial charge on any atom is 0.252 e. The van der Waals surface area contributed by atoms with E-state index in [0.717, 1.165) is 34.4 Å². The largest absolute Gasteiger partial charge is 0.394 e. The first kappa shape index (κ1) is 25.7. The highest BCUT2D eigenvalue weighted by Crippen LogP contribution is 2.28. The Morgan fingerprint density at radius 1 is 0.735 bits per heavy atom. The fourth-order valence-corrected chi connectivity index (χ4v) is 4.24. The van der Waals surface area contributed by atoms with Crippen molar-refractivity contribution in [2.45, 2.75) is 52.6 Å². The average Bonchev–Trinajstić information content (AvgIpc) is 2.87. The first-order valence-electron chi connectivity index (χ1n) is 12.1. The molecule has 3 aromatic rings. The summed E-state index contributed by atoms with van der Waals surface area (Å²) in [7, 11) is 0. The topological polar surface area (TPSA) is 98.7 Å². The van der Waals surface area contributed by atoms with E-state index < -0.39 is 0 Å². The van der Waals surface area contributed by atoms with Crippen molar-refractivity contribution in [3.05, 3.63) is 59.7 Å². The lowest BCUT2D eigenvalue weighted by atomic mass is 9.95. The number of aliphatic hydroxyl groups excluding tert-OH is 2. The van der Waals surface area contributed by atoms with E-state index in [9.17, 15) is 19.8 Å². The van der Waals surface area contributed by atoms with Crippen LogP contribution < -0.4 is 10.6 Å². The third kappa shape index (κ3) is 5.40. The molecule has 2 unspecified atom stereocenters. The number of nitrogens with one attached hydrogen (secondary N) is 2. The number of fused-ring (bicyclic) bond motifs is 2. The normalized spacial score (nSPS) is 15.0. The van der Waals surface area contributed by atoms with E-state index in [4.69, 9.17) is 0 Å². The van der Waals surface area contributed by atoms with E-state index in [-0.39, 0.29) is 48.9 Å². The molecule has 0 saturated heterocycles. The molecule has 0 bridgehead atoms. The van der Waals surface area contributed by atoms with Crippen molar-refractivity contribution < 1.29 is 19.8 Å². The number of hydrogen-bond donors (Lipinski definition) is 4. The Balaban J connectivity index is 2.04. The average molecular weight is 465 g/mol. The van der Waals surface area contributed by atoms with Crippen LogP contribution in [0.5, 0.6) is 0 Å². The highest BCUT2D eigenvalue weighted by atomic mass is 16.3. The van der Waals surface area contributed by atoms with Crippen molar-refractivity contribution in [2.75, 3.05) is 13.2 Å². The van der Waals surface area contributed by atoms with E-state index in [1.807, 2.05) is 64.1 Å². The summed E-state index contributed by atoms with van der Waals surface area (Å²) in [4.78, 5) is 26.3. The van der Waals surface area contributed by atoms with E-state index in [1.165, 1.54) is 0 Å². The summed E-state index contributed by atoms with van der Waals surface area (Å²) in [6.07, 6.45) is 1.69. The Labute approximate surface area is 201 Å². The first-order chi connectivity index (χ1) is 16.3. The summed E-state index contributed by atoms with van der Waals surface area (Å²) in [5.41, 5.74) is 1.01. The lowest BCUT2D eigenvalue weighted by molar-refractivity contribution is 0.0887. The van der Waals surface area contributed by atoms with Gasteiger partial charge in [0.25, 0.3) is 11.8 Å². The number of aliphatic hydroxyl groups is 2. The van der Waals surface area contributed by atoms with Gasteiger partial charge in [0.05, 0.1) is 25.3 Å². The van der Waals surface area contributed by atoms with Gasteiger partial charge in [-0.1, -0.05) is 64.8 Å². The van der Waals surface area contributed by atoms with Crippen LogP contribution in [0.3, 0.4) is 0 Å². The van der Waals surface area contributed by atoms with Crippen LogP contribution in [0, 0.1) is 11.8 Å². The Bertz CT molecular complexity index is 1070. The molecule has 0 aromatic heterocycles. The lowest BCUT2D eigenvalue weighted by Crippen LogP contribution is -2.42. The van der Waals surface area contributed by atoms with Gasteiger partial charge in [0.15, 0.2) is 0 Å². The van der Waals surface area contributed by atoms with Crippen molar-refractivity contribution >= 4 is 33.4 Å². The van der Waals surface area contributed by atoms with E-state index in [0.29, 0.717) is 11.1 Å². The molecular formula is C28H36N2O4. The molecule has 3 aromatic carbocycles. The second-order valence-corrected chi connectivity index (χ2v) is 9.20. The minimum atomic E-state index is -0.328. The van der Waals surface area contributed by atoms with Crippen LogP contribution in [0.4, 0.5) is 0 Å². The lowest BCUT2D eigenvalue weighted by Gasteiger charge is -2.23. The second-order valence-electron chi connectivity index (χ2n) is 9.20. The van der Waals surface area contributed by atoms with Crippen LogP contribution in [-0.4, -0.2) is 47.3 Å². The summed E-state index contributed by atoms with van der Waals surface area (Å²) in [6.45, 7) is 7.81. The Hall–Kier alpha value is -2.96. The van der Waals surface area contributed by atoms with Crippen LogP contribution in [0.2, 0.25) is 0 Å². The molecule has 0 heterocycles. The van der Waals surface area contributed by atoms with Crippen LogP contribution in [-0.2, 0) is 0 Å². The number of hydrogen-bond acceptors (Lipinski definition) is 4. The van der Waals surface area contributed by atoms with Gasteiger partial charge in [-0.3, -0.25) is 9.59 Å². The van der Waals surface area contributed by atoms with Gasteiger partial charge in [-0.2, -0.15) is 0 Å². The molecule has 2 amide bonds. The Morgan fingerprint density at radius 2 is 1.15 bits per heavy atom. The summed E-state index contributed by atoms with van der Waals surface area (Å²) in [5, 5.41) is 28.7. The van der Waals surface area contributed by atoms with Crippen molar-refractivity contribution in [3.8, 4) is 0 Å². The van der Waals surface area contributed by atoms with Gasteiger partial charge in [-0.15, -0.1) is 0 Å². The van der Waals surface area contributed by atoms with E-state index in [1.54, 1.807) is 12.1 Å². The first-order valence-corrected chi connectivity index (χ1v) is 12.1. The fourth-order valence-electron chi connectivity index (χ4n) is 4.24. The second kappa shape index (κ2) is 11.4. The van der Waals surface area contributed by atoms with Crippen molar-refractivity contribution in [1.29, 1.82) is 0 Å². The Morgan fingerprint density at radius 3 is 1.50 bits per heavy atom. The van der Waals surface area contributed by atoms with Gasteiger partial charge in [0, 0.05) is 11.1 Å². The molecule has 4 atom stereocenters. The van der Waals surface area contributed by atoms with Gasteiger partial charge < -0.3 is 20.8 Å².